The largest absolute Gasteiger partial charge is 0.340 e. The lowest BCUT2D eigenvalue weighted by molar-refractivity contribution is 0.617. The van der Waals surface area contributed by atoms with Gasteiger partial charge in [0.05, 0.1) is 18.1 Å². The summed E-state index contributed by atoms with van der Waals surface area (Å²) in [4.78, 5) is 4.47. The Hall–Kier alpha value is -1.61. The van der Waals surface area contributed by atoms with Crippen molar-refractivity contribution in [3.63, 3.8) is 0 Å². The van der Waals surface area contributed by atoms with Crippen molar-refractivity contribution < 1.29 is 0 Å². The van der Waals surface area contributed by atoms with Gasteiger partial charge in [-0.1, -0.05) is 38.1 Å². The van der Waals surface area contributed by atoms with Gasteiger partial charge in [-0.15, -0.1) is 0 Å². The lowest BCUT2D eigenvalue weighted by atomic mass is 10.0. The predicted octanol–water partition coefficient (Wildman–Crippen LogP) is 2.68. The van der Waals surface area contributed by atoms with Gasteiger partial charge >= 0.3 is 0 Å². The predicted molar refractivity (Wildman–Crippen MR) is 74.5 cm³/mol. The lowest BCUT2D eigenvalue weighted by Gasteiger charge is -2.17. The van der Waals surface area contributed by atoms with Gasteiger partial charge in [0.25, 0.3) is 0 Å². The molecule has 2 rings (SSSR count). The van der Waals surface area contributed by atoms with E-state index in [1.165, 1.54) is 11.1 Å². The number of rotatable bonds is 5. The van der Waals surface area contributed by atoms with Crippen LogP contribution in [0.3, 0.4) is 0 Å². The molecule has 0 bridgehead atoms. The molecule has 0 spiro atoms. The van der Waals surface area contributed by atoms with Gasteiger partial charge in [-0.05, 0) is 24.1 Å². The average Bonchev–Trinajstić information content (AvgIpc) is 2.82. The van der Waals surface area contributed by atoms with Crippen LogP contribution in [0.15, 0.2) is 36.8 Å². The monoisotopic (exact) mass is 243 g/mol. The van der Waals surface area contributed by atoms with Crippen LogP contribution >= 0.6 is 0 Å². The minimum Gasteiger partial charge on any atom is -0.340 e. The molecule has 1 N–H and O–H groups in total. The normalized spacial score (nSPS) is 12.6. The molecule has 1 aromatic heterocycles. The summed E-state index contributed by atoms with van der Waals surface area (Å²) in [7, 11) is 2.00. The summed E-state index contributed by atoms with van der Waals surface area (Å²) in [5, 5.41) is 3.50. The van der Waals surface area contributed by atoms with Crippen LogP contribution in [0, 0.1) is 0 Å². The zero-order chi connectivity index (χ0) is 13.0. The molecule has 1 atom stereocenters. The molecule has 0 saturated carbocycles. The molecule has 1 aromatic carbocycles. The minimum atomic E-state index is 0.183. The van der Waals surface area contributed by atoms with Crippen LogP contribution in [0.2, 0.25) is 0 Å². The molecule has 0 amide bonds. The molecule has 0 radical (unpaired) electrons. The highest BCUT2D eigenvalue weighted by Crippen LogP contribution is 2.21. The number of hydrogen-bond donors (Lipinski definition) is 1. The fourth-order valence-electron chi connectivity index (χ4n) is 2.17. The third-order valence-corrected chi connectivity index (χ3v) is 3.12. The van der Waals surface area contributed by atoms with E-state index in [4.69, 9.17) is 0 Å². The Balaban J connectivity index is 2.34. The summed E-state index contributed by atoms with van der Waals surface area (Å²) in [6, 6.07) is 8.91. The quantitative estimate of drug-likeness (QED) is 0.875. The van der Waals surface area contributed by atoms with E-state index in [-0.39, 0.29) is 6.04 Å². The first-order chi connectivity index (χ1) is 8.74. The summed E-state index contributed by atoms with van der Waals surface area (Å²) in [5.74, 6) is 0. The van der Waals surface area contributed by atoms with E-state index in [0.717, 1.165) is 18.7 Å². The van der Waals surface area contributed by atoms with Crippen molar-refractivity contribution in [3.8, 4) is 0 Å². The van der Waals surface area contributed by atoms with Crippen LogP contribution in [0.1, 0.15) is 36.7 Å². The van der Waals surface area contributed by atoms with Crippen molar-refractivity contribution in [3.05, 3.63) is 53.6 Å². The lowest BCUT2D eigenvalue weighted by Crippen LogP contribution is -2.22. The number of nitrogens with zero attached hydrogens (tertiary/aromatic N) is 2. The Morgan fingerprint density at radius 2 is 2.17 bits per heavy atom. The minimum absolute atomic E-state index is 0.183. The van der Waals surface area contributed by atoms with Crippen LogP contribution in [-0.4, -0.2) is 16.1 Å². The molecule has 96 valence electrons. The second kappa shape index (κ2) is 5.83. The molecule has 2 aromatic rings. The molecule has 0 aliphatic rings. The number of imidazole rings is 1. The third-order valence-electron chi connectivity index (χ3n) is 3.12. The SMILES string of the molecule is CCNC(c1cccc(CC)c1)c1cn(C)cn1. The van der Waals surface area contributed by atoms with Crippen molar-refractivity contribution in [2.45, 2.75) is 26.3 Å². The highest BCUT2D eigenvalue weighted by molar-refractivity contribution is 5.31. The Labute approximate surface area is 109 Å². The number of hydrogen-bond acceptors (Lipinski definition) is 2. The molecule has 3 nitrogen and oxygen atoms in total. The summed E-state index contributed by atoms with van der Waals surface area (Å²) < 4.78 is 1.99. The zero-order valence-corrected chi connectivity index (χ0v) is 11.4. The van der Waals surface area contributed by atoms with Crippen molar-refractivity contribution in [2.24, 2.45) is 7.05 Å². The van der Waals surface area contributed by atoms with E-state index in [1.807, 2.05) is 17.9 Å². The van der Waals surface area contributed by atoms with E-state index in [2.05, 4.69) is 54.6 Å². The maximum atomic E-state index is 4.47. The maximum Gasteiger partial charge on any atom is 0.0947 e. The molecule has 1 unspecified atom stereocenters. The zero-order valence-electron chi connectivity index (χ0n) is 11.4. The van der Waals surface area contributed by atoms with Gasteiger partial charge in [-0.2, -0.15) is 0 Å². The van der Waals surface area contributed by atoms with Crippen molar-refractivity contribution in [1.29, 1.82) is 0 Å². The molecule has 0 aliphatic heterocycles. The number of aromatic nitrogens is 2. The highest BCUT2D eigenvalue weighted by Gasteiger charge is 2.15. The summed E-state index contributed by atoms with van der Waals surface area (Å²) >= 11 is 0. The molecule has 0 fully saturated rings. The van der Waals surface area contributed by atoms with Crippen molar-refractivity contribution in [2.75, 3.05) is 6.54 Å². The Morgan fingerprint density at radius 3 is 2.78 bits per heavy atom. The van der Waals surface area contributed by atoms with Gasteiger partial charge in [-0.25, -0.2) is 4.98 Å². The van der Waals surface area contributed by atoms with Gasteiger partial charge in [0.15, 0.2) is 0 Å². The second-order valence-corrected chi connectivity index (χ2v) is 4.55. The highest BCUT2D eigenvalue weighted by atomic mass is 15.0. The van der Waals surface area contributed by atoms with Gasteiger partial charge in [0.2, 0.25) is 0 Å². The molecule has 0 aliphatic carbocycles. The van der Waals surface area contributed by atoms with E-state index < -0.39 is 0 Å². The number of nitrogens with one attached hydrogen (secondary N) is 1. The van der Waals surface area contributed by atoms with Crippen molar-refractivity contribution in [1.82, 2.24) is 14.9 Å². The molecule has 1 heterocycles. The molecular weight excluding hydrogens is 222 g/mol. The number of aryl methyl sites for hydroxylation is 2. The standard InChI is InChI=1S/C15H21N3/c1-4-12-7-6-8-13(9-12)15(16-5-2)14-10-18(3)11-17-14/h6-11,15-16H,4-5H2,1-3H3. The van der Waals surface area contributed by atoms with Crippen LogP contribution in [0.25, 0.3) is 0 Å². The van der Waals surface area contributed by atoms with E-state index in [9.17, 15) is 0 Å². The summed E-state index contributed by atoms with van der Waals surface area (Å²) in [6.45, 7) is 5.24. The van der Waals surface area contributed by atoms with Crippen LogP contribution in [-0.2, 0) is 13.5 Å². The van der Waals surface area contributed by atoms with Crippen LogP contribution in [0.4, 0.5) is 0 Å². The summed E-state index contributed by atoms with van der Waals surface area (Å²) in [5.41, 5.74) is 3.73. The first-order valence-electron chi connectivity index (χ1n) is 6.54. The second-order valence-electron chi connectivity index (χ2n) is 4.55. The maximum absolute atomic E-state index is 4.47. The molecular formula is C15H21N3. The Kier molecular flexibility index (Phi) is 4.15. The van der Waals surface area contributed by atoms with Gasteiger partial charge in [0, 0.05) is 13.2 Å². The van der Waals surface area contributed by atoms with E-state index in [0.29, 0.717) is 0 Å². The fourth-order valence-corrected chi connectivity index (χ4v) is 2.17. The first kappa shape index (κ1) is 12.8. The summed E-state index contributed by atoms with van der Waals surface area (Å²) in [6.07, 6.45) is 4.99. The van der Waals surface area contributed by atoms with Gasteiger partial charge in [-0.3, -0.25) is 0 Å². The molecule has 18 heavy (non-hydrogen) atoms. The van der Waals surface area contributed by atoms with Crippen LogP contribution < -0.4 is 5.32 Å². The fraction of sp³-hybridized carbons (Fsp3) is 0.400. The van der Waals surface area contributed by atoms with E-state index in [1.54, 1.807) is 0 Å². The first-order valence-corrected chi connectivity index (χ1v) is 6.54. The number of benzene rings is 1. The third kappa shape index (κ3) is 2.79. The van der Waals surface area contributed by atoms with Gasteiger partial charge < -0.3 is 9.88 Å². The Bertz CT molecular complexity index is 502. The van der Waals surface area contributed by atoms with Crippen molar-refractivity contribution >= 4 is 0 Å². The van der Waals surface area contributed by atoms with Crippen LogP contribution in [0.5, 0.6) is 0 Å². The Morgan fingerprint density at radius 1 is 1.33 bits per heavy atom. The van der Waals surface area contributed by atoms with E-state index >= 15 is 0 Å². The molecule has 3 heteroatoms. The average molecular weight is 243 g/mol. The smallest absolute Gasteiger partial charge is 0.0947 e. The molecule has 0 saturated heterocycles. The van der Waals surface area contributed by atoms with Gasteiger partial charge in [0.1, 0.15) is 0 Å². The topological polar surface area (TPSA) is 29.9 Å².